The summed E-state index contributed by atoms with van der Waals surface area (Å²) >= 11 is 0. The summed E-state index contributed by atoms with van der Waals surface area (Å²) in [5.41, 5.74) is 0.590. The molecule has 0 unspecified atom stereocenters. The van der Waals surface area contributed by atoms with Crippen molar-refractivity contribution < 1.29 is 19.1 Å². The van der Waals surface area contributed by atoms with Crippen LogP contribution in [0.2, 0.25) is 0 Å². The number of nitrogens with one attached hydrogen (secondary N) is 1. The lowest BCUT2D eigenvalue weighted by atomic mass is 9.56. The highest BCUT2D eigenvalue weighted by atomic mass is 16.6. The molecule has 0 bridgehead atoms. The average molecular weight is 443 g/mol. The van der Waals surface area contributed by atoms with Crippen LogP contribution in [0.5, 0.6) is 5.88 Å². The van der Waals surface area contributed by atoms with Crippen molar-refractivity contribution >= 4 is 12.0 Å². The molecule has 4 aliphatic rings. The van der Waals surface area contributed by atoms with Gasteiger partial charge in [-0.25, -0.2) is 14.8 Å². The Bertz CT molecular complexity index is 834. The van der Waals surface area contributed by atoms with Crippen LogP contribution < -0.4 is 10.1 Å². The molecular formula is C24H34N4O4. The number of hydrogen-bond acceptors (Lipinski definition) is 6. The Hall–Kier alpha value is -2.38. The van der Waals surface area contributed by atoms with E-state index < -0.39 is 0 Å². The van der Waals surface area contributed by atoms with Gasteiger partial charge in [0.1, 0.15) is 11.3 Å². The lowest BCUT2D eigenvalue weighted by Gasteiger charge is -2.52. The van der Waals surface area contributed by atoms with Gasteiger partial charge in [-0.1, -0.05) is 0 Å². The Balaban J connectivity index is 0.955. The number of ether oxygens (including phenoxy) is 2. The van der Waals surface area contributed by atoms with Crippen LogP contribution >= 0.6 is 0 Å². The van der Waals surface area contributed by atoms with Gasteiger partial charge in [-0.3, -0.25) is 4.79 Å². The molecule has 2 heterocycles. The van der Waals surface area contributed by atoms with Gasteiger partial charge in [0.05, 0.1) is 19.0 Å². The second kappa shape index (κ2) is 8.52. The fourth-order valence-corrected chi connectivity index (χ4v) is 5.04. The molecule has 4 fully saturated rings. The van der Waals surface area contributed by atoms with Crippen LogP contribution in [0.3, 0.4) is 0 Å². The molecule has 3 aliphatic carbocycles. The fourth-order valence-electron chi connectivity index (χ4n) is 5.04. The van der Waals surface area contributed by atoms with Crippen molar-refractivity contribution in [3.8, 4) is 5.88 Å². The van der Waals surface area contributed by atoms with Crippen molar-refractivity contribution in [2.75, 3.05) is 19.7 Å². The number of piperidine rings is 1. The van der Waals surface area contributed by atoms with Crippen LogP contribution in [0.25, 0.3) is 0 Å². The quantitative estimate of drug-likeness (QED) is 0.617. The number of rotatable bonds is 8. The first-order valence-electron chi connectivity index (χ1n) is 12.2. The van der Waals surface area contributed by atoms with Gasteiger partial charge in [0.25, 0.3) is 5.91 Å². The summed E-state index contributed by atoms with van der Waals surface area (Å²) in [6.45, 7) is 4.30. The van der Waals surface area contributed by atoms with Crippen LogP contribution in [0.15, 0.2) is 12.4 Å². The van der Waals surface area contributed by atoms with E-state index in [2.05, 4.69) is 15.3 Å². The monoisotopic (exact) mass is 442 g/mol. The van der Waals surface area contributed by atoms with Crippen LogP contribution in [-0.4, -0.2) is 58.2 Å². The molecule has 174 valence electrons. The second-order valence-corrected chi connectivity index (χ2v) is 10.6. The lowest BCUT2D eigenvalue weighted by molar-refractivity contribution is -0.0232. The maximum atomic E-state index is 12.3. The summed E-state index contributed by atoms with van der Waals surface area (Å²) in [5, 5.41) is 2.90. The van der Waals surface area contributed by atoms with E-state index in [1.807, 2.05) is 11.8 Å². The highest BCUT2D eigenvalue weighted by molar-refractivity contribution is 5.92. The molecule has 0 aromatic carbocycles. The number of aromatic nitrogens is 2. The zero-order valence-corrected chi connectivity index (χ0v) is 19.0. The topological polar surface area (TPSA) is 93.6 Å². The molecule has 1 aromatic heterocycles. The third kappa shape index (κ3) is 5.15. The maximum absolute atomic E-state index is 12.3. The fraction of sp³-hybridized carbons (Fsp3) is 0.750. The van der Waals surface area contributed by atoms with Crippen LogP contribution in [0.4, 0.5) is 4.79 Å². The van der Waals surface area contributed by atoms with Crippen LogP contribution in [0.1, 0.15) is 81.6 Å². The van der Waals surface area contributed by atoms with Crippen molar-refractivity contribution in [1.82, 2.24) is 20.2 Å². The number of carbonyl (C=O) groups excluding carboxylic acids is 2. The van der Waals surface area contributed by atoms with Crippen molar-refractivity contribution in [2.45, 2.75) is 82.8 Å². The summed E-state index contributed by atoms with van der Waals surface area (Å²) in [4.78, 5) is 34.5. The molecule has 8 nitrogen and oxygen atoms in total. The Kier molecular flexibility index (Phi) is 5.72. The molecule has 32 heavy (non-hydrogen) atoms. The van der Waals surface area contributed by atoms with Gasteiger partial charge in [-0.2, -0.15) is 0 Å². The highest BCUT2D eigenvalue weighted by Crippen LogP contribution is 2.54. The molecule has 1 saturated heterocycles. The summed E-state index contributed by atoms with van der Waals surface area (Å²) in [6, 6.07) is 0.311. The molecule has 5 rings (SSSR count). The summed E-state index contributed by atoms with van der Waals surface area (Å²) < 4.78 is 11.3. The van der Waals surface area contributed by atoms with E-state index in [1.54, 1.807) is 0 Å². The van der Waals surface area contributed by atoms with E-state index in [0.717, 1.165) is 70.4 Å². The average Bonchev–Trinajstić information content (AvgIpc) is 3.70. The SMILES string of the molecule is CC1(OC(=O)N2CCC3(CC2)CC(CCCOc2cnc(C(=O)NC4CC4)cn2)C3)CC1. The van der Waals surface area contributed by atoms with Gasteiger partial charge < -0.3 is 19.7 Å². The van der Waals surface area contributed by atoms with Gasteiger partial charge in [0.2, 0.25) is 5.88 Å². The number of likely N-dealkylation sites (tertiary alicyclic amines) is 1. The Morgan fingerprint density at radius 1 is 1.12 bits per heavy atom. The van der Waals surface area contributed by atoms with Gasteiger partial charge in [0.15, 0.2) is 0 Å². The molecule has 1 N–H and O–H groups in total. The normalized spacial score (nSPS) is 23.3. The van der Waals surface area contributed by atoms with Gasteiger partial charge in [-0.05, 0) is 82.5 Å². The van der Waals surface area contributed by atoms with E-state index in [4.69, 9.17) is 9.47 Å². The van der Waals surface area contributed by atoms with Gasteiger partial charge in [-0.15, -0.1) is 0 Å². The number of carbonyl (C=O) groups is 2. The minimum Gasteiger partial charge on any atom is -0.477 e. The molecule has 3 saturated carbocycles. The smallest absolute Gasteiger partial charge is 0.410 e. The lowest BCUT2D eigenvalue weighted by Crippen LogP contribution is -2.49. The first-order valence-corrected chi connectivity index (χ1v) is 12.2. The van der Waals surface area contributed by atoms with Gasteiger partial charge in [0, 0.05) is 19.1 Å². The van der Waals surface area contributed by atoms with E-state index in [9.17, 15) is 9.59 Å². The van der Waals surface area contributed by atoms with Crippen LogP contribution in [0, 0.1) is 11.3 Å². The van der Waals surface area contributed by atoms with E-state index in [0.29, 0.717) is 29.6 Å². The summed E-state index contributed by atoms with van der Waals surface area (Å²) in [5.74, 6) is 1.06. The predicted octanol–water partition coefficient (Wildman–Crippen LogP) is 3.71. The second-order valence-electron chi connectivity index (χ2n) is 10.6. The first kappa shape index (κ1) is 21.5. The van der Waals surface area contributed by atoms with E-state index in [1.165, 1.54) is 25.2 Å². The van der Waals surface area contributed by atoms with Crippen molar-refractivity contribution in [3.05, 3.63) is 18.1 Å². The van der Waals surface area contributed by atoms with Gasteiger partial charge >= 0.3 is 6.09 Å². The molecule has 1 aliphatic heterocycles. The Labute approximate surface area is 189 Å². The minimum absolute atomic E-state index is 0.118. The third-order valence-corrected chi connectivity index (χ3v) is 7.59. The van der Waals surface area contributed by atoms with E-state index >= 15 is 0 Å². The van der Waals surface area contributed by atoms with Crippen molar-refractivity contribution in [2.24, 2.45) is 11.3 Å². The predicted molar refractivity (Wildman–Crippen MR) is 117 cm³/mol. The van der Waals surface area contributed by atoms with E-state index in [-0.39, 0.29) is 17.6 Å². The number of hydrogen-bond donors (Lipinski definition) is 1. The molecule has 0 radical (unpaired) electrons. The van der Waals surface area contributed by atoms with Crippen molar-refractivity contribution in [1.29, 1.82) is 0 Å². The Morgan fingerprint density at radius 3 is 2.50 bits per heavy atom. The zero-order valence-electron chi connectivity index (χ0n) is 19.0. The zero-order chi connectivity index (χ0) is 22.2. The molecule has 8 heteroatoms. The number of amides is 2. The summed E-state index contributed by atoms with van der Waals surface area (Å²) in [7, 11) is 0. The first-order chi connectivity index (χ1) is 15.4. The molecule has 1 spiro atoms. The minimum atomic E-state index is -0.186. The maximum Gasteiger partial charge on any atom is 0.410 e. The Morgan fingerprint density at radius 2 is 1.88 bits per heavy atom. The highest BCUT2D eigenvalue weighted by Gasteiger charge is 2.47. The number of nitrogens with zero attached hydrogens (tertiary/aromatic N) is 3. The standard InChI is InChI=1S/C24H34N4O4/c1-23(6-7-23)32-22(30)28-10-8-24(9-11-28)13-17(14-24)3-2-12-31-20-16-25-19(15-26-20)21(29)27-18-4-5-18/h15-18H,2-14H2,1H3,(H,27,29). The molecule has 0 atom stereocenters. The molecule has 2 amide bonds. The largest absolute Gasteiger partial charge is 0.477 e. The van der Waals surface area contributed by atoms with Crippen molar-refractivity contribution in [3.63, 3.8) is 0 Å². The molecular weight excluding hydrogens is 408 g/mol. The van der Waals surface area contributed by atoms with Crippen LogP contribution in [-0.2, 0) is 4.74 Å². The summed E-state index contributed by atoms with van der Waals surface area (Å²) in [6.07, 6.45) is 13.9. The third-order valence-electron chi connectivity index (χ3n) is 7.59. The molecule has 1 aromatic rings.